The van der Waals surface area contributed by atoms with Crippen molar-refractivity contribution < 1.29 is 28.7 Å². The molecule has 188 valence electrons. The van der Waals surface area contributed by atoms with Gasteiger partial charge >= 0.3 is 6.09 Å². The molecular formula is C23H40N4O6. The van der Waals surface area contributed by atoms with Crippen LogP contribution in [0.4, 0.5) is 4.79 Å². The first kappa shape index (κ1) is 28.4. The lowest BCUT2D eigenvalue weighted by Crippen LogP contribution is -2.59. The van der Waals surface area contributed by atoms with Crippen LogP contribution in [0, 0.1) is 17.3 Å². The van der Waals surface area contributed by atoms with Gasteiger partial charge in [-0.25, -0.2) is 4.79 Å². The van der Waals surface area contributed by atoms with Crippen molar-refractivity contribution >= 4 is 29.6 Å². The van der Waals surface area contributed by atoms with Crippen molar-refractivity contribution in [2.45, 2.75) is 85.9 Å². The highest BCUT2D eigenvalue weighted by molar-refractivity contribution is 6.38. The van der Waals surface area contributed by atoms with Gasteiger partial charge in [0.25, 0.3) is 5.91 Å². The van der Waals surface area contributed by atoms with Crippen LogP contribution in [0.25, 0.3) is 0 Å². The van der Waals surface area contributed by atoms with Crippen molar-refractivity contribution in [2.75, 3.05) is 13.2 Å². The lowest BCUT2D eigenvalue weighted by atomic mass is 9.98. The first-order valence-electron chi connectivity index (χ1n) is 11.6. The van der Waals surface area contributed by atoms with Crippen molar-refractivity contribution in [3.05, 3.63) is 0 Å². The summed E-state index contributed by atoms with van der Waals surface area (Å²) >= 11 is 0. The van der Waals surface area contributed by atoms with Crippen molar-refractivity contribution in [3.63, 3.8) is 0 Å². The Morgan fingerprint density at radius 1 is 0.970 bits per heavy atom. The van der Waals surface area contributed by atoms with Crippen LogP contribution in [0.3, 0.4) is 0 Å². The van der Waals surface area contributed by atoms with Crippen molar-refractivity contribution in [2.24, 2.45) is 17.3 Å². The molecule has 33 heavy (non-hydrogen) atoms. The topological polar surface area (TPSA) is 143 Å². The second kappa shape index (κ2) is 12.6. The van der Waals surface area contributed by atoms with Crippen LogP contribution in [0.5, 0.6) is 0 Å². The number of hydrogen-bond acceptors (Lipinski definition) is 6. The van der Waals surface area contributed by atoms with Crippen molar-refractivity contribution in [3.8, 4) is 0 Å². The molecule has 10 heteroatoms. The summed E-state index contributed by atoms with van der Waals surface area (Å²) in [5.74, 6) is -3.06. The summed E-state index contributed by atoms with van der Waals surface area (Å²) in [4.78, 5) is 62.3. The zero-order valence-corrected chi connectivity index (χ0v) is 20.9. The molecule has 0 aromatic carbocycles. The van der Waals surface area contributed by atoms with E-state index in [9.17, 15) is 24.0 Å². The Bertz CT molecular complexity index is 729. The molecule has 10 nitrogen and oxygen atoms in total. The second-order valence-electron chi connectivity index (χ2n) is 10.4. The lowest BCUT2D eigenvalue weighted by molar-refractivity contribution is -0.141. The van der Waals surface area contributed by atoms with Crippen LogP contribution in [0.2, 0.25) is 0 Å². The monoisotopic (exact) mass is 468 g/mol. The van der Waals surface area contributed by atoms with E-state index >= 15 is 0 Å². The van der Waals surface area contributed by atoms with Gasteiger partial charge in [-0.3, -0.25) is 19.2 Å². The molecule has 0 aromatic rings. The Kier molecular flexibility index (Phi) is 10.8. The van der Waals surface area contributed by atoms with Gasteiger partial charge in [-0.2, -0.15) is 0 Å². The Labute approximate surface area is 196 Å². The zero-order chi connectivity index (χ0) is 25.3. The fourth-order valence-electron chi connectivity index (χ4n) is 3.21. The third-order valence-electron chi connectivity index (χ3n) is 5.17. The highest BCUT2D eigenvalue weighted by Gasteiger charge is 2.34. The minimum Gasteiger partial charge on any atom is -0.449 e. The molecule has 0 saturated carbocycles. The molecule has 0 aromatic heterocycles. The number of hydrogen-bond donors (Lipinski definition) is 4. The summed E-state index contributed by atoms with van der Waals surface area (Å²) in [5, 5.41) is 10.4. The normalized spacial score (nSPS) is 19.1. The van der Waals surface area contributed by atoms with Crippen LogP contribution in [-0.4, -0.2) is 60.9 Å². The number of carbonyl (C=O) groups is 5. The summed E-state index contributed by atoms with van der Waals surface area (Å²) in [7, 11) is 0. The van der Waals surface area contributed by atoms with Crippen LogP contribution in [0.1, 0.15) is 67.7 Å². The standard InChI is InChI=1S/C23H40N4O6/c1-13(2)16(19(29)25-15-10-8-9-11-24-21(31)18(15)28)26-20(30)17(14(3)4)27-22(32)33-12-23(5,6)7/h13-17H,8-12H2,1-7H3,(H,24,31)(H,25,29)(H,26,30)(H,27,32). The maximum atomic E-state index is 13.0. The predicted molar refractivity (Wildman–Crippen MR) is 123 cm³/mol. The number of alkyl carbamates (subject to hydrolysis) is 1. The van der Waals surface area contributed by atoms with Crippen LogP contribution in [-0.2, 0) is 23.9 Å². The molecular weight excluding hydrogens is 428 g/mol. The van der Waals surface area contributed by atoms with E-state index in [2.05, 4.69) is 21.3 Å². The van der Waals surface area contributed by atoms with E-state index in [4.69, 9.17) is 4.74 Å². The van der Waals surface area contributed by atoms with Gasteiger partial charge in [-0.15, -0.1) is 0 Å². The highest BCUT2D eigenvalue weighted by atomic mass is 16.5. The van der Waals surface area contributed by atoms with Crippen molar-refractivity contribution in [1.82, 2.24) is 21.3 Å². The zero-order valence-electron chi connectivity index (χ0n) is 20.9. The van der Waals surface area contributed by atoms with Gasteiger partial charge in [0.15, 0.2) is 0 Å². The number of Topliss-reactive ketones (excluding diaryl/α,β-unsaturated/α-hetero) is 1. The molecule has 1 heterocycles. The molecule has 1 fully saturated rings. The number of rotatable bonds is 8. The molecule has 4 amide bonds. The maximum Gasteiger partial charge on any atom is 0.407 e. The fourth-order valence-corrected chi connectivity index (χ4v) is 3.21. The SMILES string of the molecule is CC(C)C(NC(=O)OCC(C)(C)C)C(=O)NC(C(=O)NC1CCCCNC(=O)C1=O)C(C)C. The highest BCUT2D eigenvalue weighted by Crippen LogP contribution is 2.14. The Morgan fingerprint density at radius 3 is 2.09 bits per heavy atom. The van der Waals surface area contributed by atoms with E-state index < -0.39 is 47.7 Å². The average Bonchev–Trinajstić information content (AvgIpc) is 2.70. The van der Waals surface area contributed by atoms with E-state index in [1.165, 1.54) is 0 Å². The van der Waals surface area contributed by atoms with Crippen LogP contribution in [0.15, 0.2) is 0 Å². The van der Waals surface area contributed by atoms with Gasteiger partial charge in [0, 0.05) is 6.54 Å². The number of carbonyl (C=O) groups excluding carboxylic acids is 5. The largest absolute Gasteiger partial charge is 0.449 e. The Hall–Kier alpha value is -2.65. The van der Waals surface area contributed by atoms with Gasteiger partial charge in [0.2, 0.25) is 17.6 Å². The molecule has 0 bridgehead atoms. The number of ketones is 1. The molecule has 1 aliphatic rings. The number of ether oxygens (including phenoxy) is 1. The molecule has 3 unspecified atom stereocenters. The molecule has 4 N–H and O–H groups in total. The van der Waals surface area contributed by atoms with Crippen molar-refractivity contribution in [1.29, 1.82) is 0 Å². The molecule has 1 saturated heterocycles. The third-order valence-corrected chi connectivity index (χ3v) is 5.17. The Balaban J connectivity index is 2.85. The third kappa shape index (κ3) is 9.79. The second-order valence-corrected chi connectivity index (χ2v) is 10.4. The van der Waals surface area contributed by atoms with Gasteiger partial charge < -0.3 is 26.0 Å². The van der Waals surface area contributed by atoms with E-state index in [1.54, 1.807) is 27.7 Å². The number of nitrogens with one attached hydrogen (secondary N) is 4. The summed E-state index contributed by atoms with van der Waals surface area (Å²) in [6.07, 6.45) is 1.02. The van der Waals surface area contributed by atoms with Gasteiger partial charge in [0.05, 0.1) is 12.6 Å². The first-order valence-corrected chi connectivity index (χ1v) is 11.6. The quantitative estimate of drug-likeness (QED) is 0.395. The van der Waals surface area contributed by atoms with E-state index in [-0.39, 0.29) is 23.9 Å². The maximum absolute atomic E-state index is 13.0. The summed E-state index contributed by atoms with van der Waals surface area (Å²) < 4.78 is 5.20. The summed E-state index contributed by atoms with van der Waals surface area (Å²) in [6, 6.07) is -2.81. The van der Waals surface area contributed by atoms with E-state index in [0.717, 1.165) is 0 Å². The minimum absolute atomic E-state index is 0.186. The molecule has 0 spiro atoms. The van der Waals surface area contributed by atoms with Gasteiger partial charge in [-0.1, -0.05) is 48.5 Å². The smallest absolute Gasteiger partial charge is 0.407 e. The minimum atomic E-state index is -0.951. The van der Waals surface area contributed by atoms with Gasteiger partial charge in [-0.05, 0) is 36.5 Å². The molecule has 0 aliphatic carbocycles. The summed E-state index contributed by atoms with van der Waals surface area (Å²) in [6.45, 7) is 13.4. The molecule has 1 rings (SSSR count). The molecule has 1 aliphatic heterocycles. The first-order chi connectivity index (χ1) is 15.2. The summed E-state index contributed by atoms with van der Waals surface area (Å²) in [5.41, 5.74) is -0.223. The van der Waals surface area contributed by atoms with Gasteiger partial charge in [0.1, 0.15) is 12.1 Å². The Morgan fingerprint density at radius 2 is 1.55 bits per heavy atom. The lowest BCUT2D eigenvalue weighted by Gasteiger charge is -2.28. The average molecular weight is 469 g/mol. The molecule has 3 atom stereocenters. The fraction of sp³-hybridized carbons (Fsp3) is 0.783. The number of amides is 4. The molecule has 0 radical (unpaired) electrons. The van der Waals surface area contributed by atoms with E-state index in [1.807, 2.05) is 20.8 Å². The van der Waals surface area contributed by atoms with E-state index in [0.29, 0.717) is 25.8 Å². The van der Waals surface area contributed by atoms with Crippen LogP contribution >= 0.6 is 0 Å². The predicted octanol–water partition coefficient (Wildman–Crippen LogP) is 1.28. The van der Waals surface area contributed by atoms with Crippen LogP contribution < -0.4 is 21.3 Å².